The van der Waals surface area contributed by atoms with Crippen LogP contribution in [0.3, 0.4) is 0 Å². The second-order valence-corrected chi connectivity index (χ2v) is 28.5. The van der Waals surface area contributed by atoms with E-state index in [-0.39, 0.29) is 6.42 Å². The molecule has 0 radical (unpaired) electrons. The first-order valence-corrected chi connectivity index (χ1v) is 37.3. The van der Waals surface area contributed by atoms with E-state index in [1.54, 1.807) is 30.3 Å². The normalized spacial score (nSPS) is 13.8. The molecule has 10 aromatic carbocycles. The molecule has 0 amide bonds. The Labute approximate surface area is 676 Å². The van der Waals surface area contributed by atoms with Crippen molar-refractivity contribution in [1.29, 1.82) is 0 Å². The van der Waals surface area contributed by atoms with Gasteiger partial charge in [-0.05, 0) is 205 Å². The molecule has 0 N–H and O–H groups in total. The molecule has 0 bridgehead atoms. The highest BCUT2D eigenvalue weighted by Gasteiger charge is 2.20. The van der Waals surface area contributed by atoms with Crippen LogP contribution in [-0.2, 0) is 41.7 Å². The maximum Gasteiger partial charge on any atom is 0.213 e. The van der Waals surface area contributed by atoms with Gasteiger partial charge in [-0.2, -0.15) is 0 Å². The minimum Gasteiger partial charge on any atom is -0.201 e. The van der Waals surface area contributed by atoms with Crippen molar-refractivity contribution in [2.45, 2.75) is 95.1 Å². The number of rotatable bonds is 13. The molecule has 1 atom stereocenters. The Balaban J connectivity index is 0.000000152. The maximum absolute atomic E-state index is 8.35. The summed E-state index contributed by atoms with van der Waals surface area (Å²) in [5.41, 5.74) is 32.4. The number of aromatic nitrogens is 5. The molecule has 0 aliphatic heterocycles. The van der Waals surface area contributed by atoms with Crippen LogP contribution in [0.25, 0.3) is 112 Å². The molecular formula is C105H110N5+5. The smallest absolute Gasteiger partial charge is 0.201 e. The zero-order valence-electron chi connectivity index (χ0n) is 79.7. The van der Waals surface area contributed by atoms with E-state index in [0.29, 0.717) is 16.7 Å². The number of benzene rings is 10. The first kappa shape index (κ1) is 61.9. The highest BCUT2D eigenvalue weighted by Crippen LogP contribution is 2.33. The van der Waals surface area contributed by atoms with E-state index in [9.17, 15) is 0 Å². The highest BCUT2D eigenvalue weighted by molar-refractivity contribution is 5.75. The second kappa shape index (κ2) is 37.2. The molecule has 15 aromatic rings. The molecule has 0 aliphatic carbocycles. The van der Waals surface area contributed by atoms with Crippen LogP contribution >= 0.6 is 0 Å². The van der Waals surface area contributed by atoms with Crippen LogP contribution in [0.2, 0.25) is 0 Å². The van der Waals surface area contributed by atoms with Gasteiger partial charge in [0.1, 0.15) is 35.2 Å². The van der Waals surface area contributed by atoms with E-state index in [0.717, 1.165) is 67.2 Å². The van der Waals surface area contributed by atoms with Crippen LogP contribution in [0.1, 0.15) is 108 Å². The Morgan fingerprint density at radius 3 is 1.05 bits per heavy atom. The molecule has 5 nitrogen and oxygen atoms in total. The lowest BCUT2D eigenvalue weighted by atomic mass is 9.96. The van der Waals surface area contributed by atoms with E-state index in [4.69, 9.17) is 19.2 Å². The van der Waals surface area contributed by atoms with Gasteiger partial charge in [0.2, 0.25) is 28.5 Å². The molecule has 550 valence electrons. The zero-order valence-corrected chi connectivity index (χ0v) is 65.7. The van der Waals surface area contributed by atoms with Crippen molar-refractivity contribution in [2.24, 2.45) is 41.1 Å². The summed E-state index contributed by atoms with van der Waals surface area (Å²) in [4.78, 5) is 0. The first-order valence-electron chi connectivity index (χ1n) is 44.3. The van der Waals surface area contributed by atoms with Crippen LogP contribution < -0.4 is 22.8 Å². The zero-order chi connectivity index (χ0) is 89.8. The average molecular weight is 1460 g/mol. The number of nitrogens with zero attached hydrogens (tertiary/aromatic N) is 5. The van der Waals surface area contributed by atoms with Crippen molar-refractivity contribution >= 4 is 0 Å². The summed E-state index contributed by atoms with van der Waals surface area (Å²) >= 11 is 0. The molecule has 0 saturated heterocycles. The third kappa shape index (κ3) is 20.2. The molecule has 1 unspecified atom stereocenters. The monoisotopic (exact) mass is 1450 g/mol. The van der Waals surface area contributed by atoms with Gasteiger partial charge < -0.3 is 0 Å². The van der Waals surface area contributed by atoms with Gasteiger partial charge in [0.15, 0.2) is 31.0 Å². The van der Waals surface area contributed by atoms with Crippen molar-refractivity contribution in [1.82, 2.24) is 0 Å². The number of pyridine rings is 5. The summed E-state index contributed by atoms with van der Waals surface area (Å²) in [6.07, 6.45) is 9.91. The van der Waals surface area contributed by atoms with Gasteiger partial charge in [0, 0.05) is 107 Å². The van der Waals surface area contributed by atoms with E-state index in [1.807, 2.05) is 137 Å². The minimum atomic E-state index is -2.92. The molecule has 0 spiro atoms. The fourth-order valence-corrected chi connectivity index (χ4v) is 13.7. The van der Waals surface area contributed by atoms with Crippen LogP contribution in [0.4, 0.5) is 0 Å². The molecule has 0 aliphatic rings. The predicted octanol–water partition coefficient (Wildman–Crippen LogP) is 24.0. The predicted molar refractivity (Wildman–Crippen MR) is 463 cm³/mol. The van der Waals surface area contributed by atoms with E-state index < -0.39 is 39.2 Å². The fraction of sp³-hybridized carbons (Fsp3) is 0.190. The molecule has 110 heavy (non-hydrogen) atoms. The van der Waals surface area contributed by atoms with Crippen molar-refractivity contribution in [3.63, 3.8) is 0 Å². The van der Waals surface area contributed by atoms with Gasteiger partial charge in [0.25, 0.3) is 0 Å². The van der Waals surface area contributed by atoms with Gasteiger partial charge in [0.05, 0.1) is 0 Å². The Hall–Kier alpha value is -12.1. The summed E-state index contributed by atoms with van der Waals surface area (Å²) in [5, 5.41) is 0. The lowest BCUT2D eigenvalue weighted by Crippen LogP contribution is -2.30. The Morgan fingerprint density at radius 1 is 0.273 bits per heavy atom. The second-order valence-electron chi connectivity index (χ2n) is 28.5. The third-order valence-electron chi connectivity index (χ3n) is 20.1. The topological polar surface area (TPSA) is 19.4 Å². The lowest BCUT2D eigenvalue weighted by molar-refractivity contribution is -0.660. The van der Waals surface area contributed by atoms with E-state index in [2.05, 4.69) is 274 Å². The van der Waals surface area contributed by atoms with Crippen LogP contribution in [0.15, 0.2) is 334 Å². The van der Waals surface area contributed by atoms with Gasteiger partial charge in [-0.3, -0.25) is 0 Å². The summed E-state index contributed by atoms with van der Waals surface area (Å²) in [7, 11) is 10.2. The molecule has 5 aromatic heterocycles. The van der Waals surface area contributed by atoms with Crippen LogP contribution in [-0.4, -0.2) is 0 Å². The molecule has 0 fully saturated rings. The maximum atomic E-state index is 8.35. The lowest BCUT2D eigenvalue weighted by Gasteiger charge is -2.10. The molecule has 5 heteroatoms. The van der Waals surface area contributed by atoms with Crippen molar-refractivity contribution in [3.8, 4) is 112 Å². The highest BCUT2D eigenvalue weighted by atomic mass is 14.9. The SMILES string of the molecule is Cc1ccc(-c2cc[n+](C)c(-c3ccccc3C)c2)cc1.Cc1cccc(-c2cc[n+](C)c(-c3ccccc3C)c2)c1.[2H]C([2H])([2H])C([2H])(C)c1cccc(-c2cc[n+](C)c(-c3ccccc3C)c2)c1.[2H]C([2H])([2H])C([2H])(Cc1ccc(-c2ccc(-c3ccccc3C)[n+](C)c2)cc1)C([2H])([2H])[2H].[2H]C([2H])([2H])c1ccccc1-c1cc[n+](C)c(-c2ccccc2C)c1. The fourth-order valence-electron chi connectivity index (χ4n) is 13.7. The molecule has 0 saturated carbocycles. The Morgan fingerprint density at radius 2 is 0.627 bits per heavy atom. The third-order valence-corrected chi connectivity index (χ3v) is 20.1. The van der Waals surface area contributed by atoms with Crippen molar-refractivity contribution in [2.75, 3.05) is 0 Å². The van der Waals surface area contributed by atoms with Gasteiger partial charge >= 0.3 is 0 Å². The average Bonchev–Trinajstić information content (AvgIpc) is 0.764. The van der Waals surface area contributed by atoms with Crippen molar-refractivity contribution in [3.05, 3.63) is 390 Å². The molecule has 5 heterocycles. The largest absolute Gasteiger partial charge is 0.213 e. The van der Waals surface area contributed by atoms with Crippen molar-refractivity contribution < 1.29 is 42.0 Å². The quantitative estimate of drug-likeness (QED) is 0.103. The number of hydrogen-bond acceptors (Lipinski definition) is 0. The molecule has 15 rings (SSSR count). The van der Waals surface area contributed by atoms with Crippen LogP contribution in [0, 0.1) is 61.2 Å². The van der Waals surface area contributed by atoms with Gasteiger partial charge in [-0.15, -0.1) is 0 Å². The summed E-state index contributed by atoms with van der Waals surface area (Å²) in [5.74, 6) is -4.20. The summed E-state index contributed by atoms with van der Waals surface area (Å²) in [6, 6.07) is 102. The Bertz CT molecular complexity index is 6230. The van der Waals surface area contributed by atoms with Gasteiger partial charge in [-0.25, -0.2) is 22.8 Å². The van der Waals surface area contributed by atoms with E-state index >= 15 is 0 Å². The standard InChI is InChI=1S/C23H26N.C22H24N.3C20H20N/c1-17(2)15-19-9-11-20(12-10-19)21-13-14-23(24(4)16-21)22-8-6-5-7-18(22)3;1-16(2)18-9-7-10-19(14-18)20-12-13-23(4)22(15-20)21-11-6-5-8-17(21)3;1-15-8-4-6-10-18(15)17-12-13-21(3)20(14-17)19-11-7-5-9-16(19)2;1-15-7-6-9-17(13-15)18-11-12-21(3)20(14-18)19-10-5-4-8-16(19)2;1-15-8-10-17(11-9-15)18-12-13-21(3)20(14-18)19-7-5-4-6-16(19)2/h5-14,16-17H,15H2,1-4H3;5-16H,1-4H3;3*4-14H,1-3H3/q5*+1/i1D3,2D3,17D;1D3,16D;1D3;;. The number of hydrogen-bond donors (Lipinski definition) is 0. The molecular weight excluding hydrogens is 1330 g/mol. The van der Waals surface area contributed by atoms with Crippen LogP contribution in [0.5, 0.6) is 0 Å². The van der Waals surface area contributed by atoms with E-state index in [1.165, 1.54) is 90.6 Å². The number of aryl methyl sites for hydroxylation is 13. The summed E-state index contributed by atoms with van der Waals surface area (Å²) in [6.45, 7) is 5.91. The minimum absolute atomic E-state index is 0.375. The Kier molecular flexibility index (Phi) is 20.9. The van der Waals surface area contributed by atoms with Gasteiger partial charge in [-0.1, -0.05) is 251 Å². The summed E-state index contributed by atoms with van der Waals surface area (Å²) < 4.78 is 119. The first-order chi connectivity index (χ1) is 58.6.